The van der Waals surface area contributed by atoms with Crippen molar-refractivity contribution in [2.24, 2.45) is 0 Å². The molecule has 0 aliphatic rings. The standard InChI is InChI=1S/C12H19NO/c1-9(2)13-8-12(14)11-6-4-10(3)5-7-11/h4-7,9,12-14H,8H2,1-3H3. The summed E-state index contributed by atoms with van der Waals surface area (Å²) in [7, 11) is 0. The van der Waals surface area contributed by atoms with Gasteiger partial charge in [-0.3, -0.25) is 0 Å². The van der Waals surface area contributed by atoms with E-state index in [2.05, 4.69) is 19.2 Å². The Balaban J connectivity index is 2.52. The van der Waals surface area contributed by atoms with Gasteiger partial charge in [0.1, 0.15) is 0 Å². The van der Waals surface area contributed by atoms with Crippen LogP contribution in [0.2, 0.25) is 0 Å². The van der Waals surface area contributed by atoms with Crippen LogP contribution < -0.4 is 5.32 Å². The van der Waals surface area contributed by atoms with Crippen LogP contribution in [0.25, 0.3) is 0 Å². The maximum absolute atomic E-state index is 9.80. The highest BCUT2D eigenvalue weighted by Gasteiger charge is 2.06. The van der Waals surface area contributed by atoms with Crippen molar-refractivity contribution < 1.29 is 5.11 Å². The lowest BCUT2D eigenvalue weighted by Gasteiger charge is -2.14. The van der Waals surface area contributed by atoms with Gasteiger partial charge in [0, 0.05) is 12.6 Å². The minimum atomic E-state index is -0.405. The molecule has 0 aromatic heterocycles. The molecule has 2 heteroatoms. The summed E-state index contributed by atoms with van der Waals surface area (Å²) in [6.07, 6.45) is -0.405. The summed E-state index contributed by atoms with van der Waals surface area (Å²) in [5.41, 5.74) is 2.20. The van der Waals surface area contributed by atoms with Crippen LogP contribution in [0.15, 0.2) is 24.3 Å². The van der Waals surface area contributed by atoms with E-state index >= 15 is 0 Å². The minimum absolute atomic E-state index is 0.405. The molecule has 2 nitrogen and oxygen atoms in total. The molecule has 14 heavy (non-hydrogen) atoms. The van der Waals surface area contributed by atoms with E-state index in [0.717, 1.165) is 5.56 Å². The number of benzene rings is 1. The Labute approximate surface area is 86.0 Å². The van der Waals surface area contributed by atoms with Crippen molar-refractivity contribution in [1.29, 1.82) is 0 Å². The quantitative estimate of drug-likeness (QED) is 0.767. The molecule has 78 valence electrons. The second-order valence-electron chi connectivity index (χ2n) is 3.99. The summed E-state index contributed by atoms with van der Waals surface area (Å²) in [5.74, 6) is 0. The summed E-state index contributed by atoms with van der Waals surface area (Å²) >= 11 is 0. The zero-order valence-electron chi connectivity index (χ0n) is 9.12. The van der Waals surface area contributed by atoms with E-state index in [1.165, 1.54) is 5.56 Å². The maximum Gasteiger partial charge on any atom is 0.0914 e. The first-order valence-electron chi connectivity index (χ1n) is 5.07. The Morgan fingerprint density at radius 2 is 1.79 bits per heavy atom. The average molecular weight is 193 g/mol. The molecule has 0 aliphatic carbocycles. The van der Waals surface area contributed by atoms with Crippen molar-refractivity contribution in [3.8, 4) is 0 Å². The molecule has 1 atom stereocenters. The third-order valence-corrected chi connectivity index (χ3v) is 2.18. The molecule has 1 aromatic carbocycles. The van der Waals surface area contributed by atoms with Gasteiger partial charge in [-0.05, 0) is 12.5 Å². The van der Waals surface area contributed by atoms with Crippen LogP contribution in [-0.4, -0.2) is 17.7 Å². The van der Waals surface area contributed by atoms with Gasteiger partial charge in [0.25, 0.3) is 0 Å². The lowest BCUT2D eigenvalue weighted by molar-refractivity contribution is 0.171. The number of nitrogens with one attached hydrogen (secondary N) is 1. The SMILES string of the molecule is Cc1ccc(C(O)CNC(C)C)cc1. The van der Waals surface area contributed by atoms with Gasteiger partial charge in [-0.2, -0.15) is 0 Å². The van der Waals surface area contributed by atoms with E-state index in [1.807, 2.05) is 31.2 Å². The van der Waals surface area contributed by atoms with E-state index in [4.69, 9.17) is 0 Å². The molecule has 1 rings (SSSR count). The van der Waals surface area contributed by atoms with Crippen molar-refractivity contribution in [3.05, 3.63) is 35.4 Å². The zero-order chi connectivity index (χ0) is 10.6. The molecule has 1 aromatic rings. The fourth-order valence-electron chi connectivity index (χ4n) is 1.25. The van der Waals surface area contributed by atoms with Crippen LogP contribution in [0.4, 0.5) is 0 Å². The largest absolute Gasteiger partial charge is 0.387 e. The Bertz CT molecular complexity index is 266. The molecule has 0 radical (unpaired) electrons. The number of hydrogen-bond donors (Lipinski definition) is 2. The molecule has 0 spiro atoms. The van der Waals surface area contributed by atoms with Gasteiger partial charge in [-0.1, -0.05) is 43.7 Å². The lowest BCUT2D eigenvalue weighted by Crippen LogP contribution is -2.27. The molecule has 0 fully saturated rings. The van der Waals surface area contributed by atoms with Gasteiger partial charge < -0.3 is 10.4 Å². The second kappa shape index (κ2) is 5.13. The molecular weight excluding hydrogens is 174 g/mol. The molecule has 0 amide bonds. The summed E-state index contributed by atoms with van der Waals surface area (Å²) in [6.45, 7) is 6.80. The van der Waals surface area contributed by atoms with Crippen LogP contribution in [0.5, 0.6) is 0 Å². The summed E-state index contributed by atoms with van der Waals surface area (Å²) in [5, 5.41) is 13.0. The Morgan fingerprint density at radius 1 is 1.21 bits per heavy atom. The van der Waals surface area contributed by atoms with Gasteiger partial charge in [0.15, 0.2) is 0 Å². The molecule has 0 saturated heterocycles. The topological polar surface area (TPSA) is 32.3 Å². The summed E-state index contributed by atoms with van der Waals surface area (Å²) in [4.78, 5) is 0. The molecule has 0 heterocycles. The van der Waals surface area contributed by atoms with E-state index < -0.39 is 6.10 Å². The number of hydrogen-bond acceptors (Lipinski definition) is 2. The van der Waals surface area contributed by atoms with Gasteiger partial charge in [-0.25, -0.2) is 0 Å². The number of rotatable bonds is 4. The number of aryl methyl sites for hydroxylation is 1. The monoisotopic (exact) mass is 193 g/mol. The summed E-state index contributed by atoms with van der Waals surface area (Å²) in [6, 6.07) is 8.40. The third-order valence-electron chi connectivity index (χ3n) is 2.18. The third kappa shape index (κ3) is 3.48. The van der Waals surface area contributed by atoms with Crippen molar-refractivity contribution >= 4 is 0 Å². The molecule has 0 aliphatic heterocycles. The van der Waals surface area contributed by atoms with Gasteiger partial charge in [-0.15, -0.1) is 0 Å². The Morgan fingerprint density at radius 3 is 2.29 bits per heavy atom. The first-order valence-corrected chi connectivity index (χ1v) is 5.07. The first kappa shape index (κ1) is 11.2. The highest BCUT2D eigenvalue weighted by molar-refractivity contribution is 5.23. The van der Waals surface area contributed by atoms with E-state index in [0.29, 0.717) is 12.6 Å². The van der Waals surface area contributed by atoms with Gasteiger partial charge >= 0.3 is 0 Å². The number of aliphatic hydroxyl groups is 1. The van der Waals surface area contributed by atoms with E-state index in [-0.39, 0.29) is 0 Å². The van der Waals surface area contributed by atoms with Crippen molar-refractivity contribution in [2.45, 2.75) is 32.9 Å². The second-order valence-corrected chi connectivity index (χ2v) is 3.99. The predicted octanol–water partition coefficient (Wildman–Crippen LogP) is 2.03. The molecule has 1 unspecified atom stereocenters. The van der Waals surface area contributed by atoms with Crippen LogP contribution in [-0.2, 0) is 0 Å². The first-order chi connectivity index (χ1) is 6.59. The minimum Gasteiger partial charge on any atom is -0.387 e. The maximum atomic E-state index is 9.80. The van der Waals surface area contributed by atoms with Crippen molar-refractivity contribution in [2.75, 3.05) is 6.54 Å². The molecular formula is C12H19NO. The van der Waals surface area contributed by atoms with Crippen molar-refractivity contribution in [3.63, 3.8) is 0 Å². The highest BCUT2D eigenvalue weighted by Crippen LogP contribution is 2.12. The Kier molecular flexibility index (Phi) is 4.11. The van der Waals surface area contributed by atoms with Crippen LogP contribution in [0.3, 0.4) is 0 Å². The van der Waals surface area contributed by atoms with Crippen LogP contribution in [0, 0.1) is 6.92 Å². The molecule has 0 bridgehead atoms. The summed E-state index contributed by atoms with van der Waals surface area (Å²) < 4.78 is 0. The Hall–Kier alpha value is -0.860. The van der Waals surface area contributed by atoms with Crippen molar-refractivity contribution in [1.82, 2.24) is 5.32 Å². The zero-order valence-corrected chi connectivity index (χ0v) is 9.12. The lowest BCUT2D eigenvalue weighted by atomic mass is 10.1. The average Bonchev–Trinajstić information content (AvgIpc) is 2.15. The fraction of sp³-hybridized carbons (Fsp3) is 0.500. The van der Waals surface area contributed by atoms with Crippen LogP contribution >= 0.6 is 0 Å². The van der Waals surface area contributed by atoms with E-state index in [1.54, 1.807) is 0 Å². The predicted molar refractivity (Wildman–Crippen MR) is 59.3 cm³/mol. The normalized spacial score (nSPS) is 13.2. The number of aliphatic hydroxyl groups excluding tert-OH is 1. The van der Waals surface area contributed by atoms with Gasteiger partial charge in [0.05, 0.1) is 6.10 Å². The smallest absolute Gasteiger partial charge is 0.0914 e. The van der Waals surface area contributed by atoms with Gasteiger partial charge in [0.2, 0.25) is 0 Å². The van der Waals surface area contributed by atoms with E-state index in [9.17, 15) is 5.11 Å². The fourth-order valence-corrected chi connectivity index (χ4v) is 1.25. The molecule has 0 saturated carbocycles. The van der Waals surface area contributed by atoms with Crippen LogP contribution in [0.1, 0.15) is 31.1 Å². The highest BCUT2D eigenvalue weighted by atomic mass is 16.3. The molecule has 2 N–H and O–H groups in total.